The Balaban J connectivity index is 1.71. The first-order valence-corrected chi connectivity index (χ1v) is 8.68. The van der Waals surface area contributed by atoms with E-state index in [2.05, 4.69) is 5.10 Å². The summed E-state index contributed by atoms with van der Waals surface area (Å²) in [6.07, 6.45) is 1.73. The molecule has 0 unspecified atom stereocenters. The molecule has 0 atom stereocenters. The smallest absolute Gasteiger partial charge is 0.309 e. The topological polar surface area (TPSA) is 48.6 Å². The molecule has 0 bridgehead atoms. The zero-order valence-corrected chi connectivity index (χ0v) is 14.8. The summed E-state index contributed by atoms with van der Waals surface area (Å²) < 4.78 is 6.65. The predicted octanol–water partition coefficient (Wildman–Crippen LogP) is 1.80. The van der Waals surface area contributed by atoms with E-state index in [9.17, 15) is 4.79 Å². The summed E-state index contributed by atoms with van der Waals surface area (Å²) in [6.45, 7) is 4.74. The van der Waals surface area contributed by atoms with E-state index in [4.69, 9.17) is 16.3 Å². The number of piperidine rings is 1. The number of hydrogen-bond donors (Lipinski definition) is 1. The molecular weight excluding hydrogens is 326 g/mol. The number of aryl methyl sites for hydroxylation is 1. The average Bonchev–Trinajstić information content (AvgIpc) is 2.90. The Labute approximate surface area is 147 Å². The number of nitrogens with zero attached hydrogens (tertiary/aromatic N) is 2. The molecule has 6 heteroatoms. The summed E-state index contributed by atoms with van der Waals surface area (Å²) in [7, 11) is 1.46. The average molecular weight is 349 g/mol. The Bertz CT molecular complexity index is 707. The second-order valence-electron chi connectivity index (χ2n) is 6.33. The van der Waals surface area contributed by atoms with Crippen LogP contribution in [0.3, 0.4) is 0 Å². The molecule has 1 aliphatic rings. The minimum Gasteiger partial charge on any atom is -0.469 e. The van der Waals surface area contributed by atoms with Gasteiger partial charge in [0.15, 0.2) is 0 Å². The van der Waals surface area contributed by atoms with Gasteiger partial charge in [-0.3, -0.25) is 4.79 Å². The van der Waals surface area contributed by atoms with Crippen LogP contribution in [0.4, 0.5) is 0 Å². The maximum Gasteiger partial charge on any atom is 0.309 e. The molecule has 1 fully saturated rings. The van der Waals surface area contributed by atoms with Crippen LogP contribution in [0, 0.1) is 12.8 Å². The third-order valence-electron chi connectivity index (χ3n) is 4.78. The summed E-state index contributed by atoms with van der Waals surface area (Å²) >= 11 is 6.60. The third kappa shape index (κ3) is 3.47. The molecular formula is C18H23ClN3O2+. The second kappa shape index (κ2) is 7.36. The van der Waals surface area contributed by atoms with Gasteiger partial charge in [-0.25, -0.2) is 4.68 Å². The number of halogens is 1. The molecule has 0 aliphatic carbocycles. The van der Waals surface area contributed by atoms with Crippen LogP contribution in [-0.4, -0.2) is 35.9 Å². The van der Waals surface area contributed by atoms with Gasteiger partial charge in [-0.2, -0.15) is 5.10 Å². The molecule has 5 nitrogen and oxygen atoms in total. The van der Waals surface area contributed by atoms with Crippen LogP contribution in [0.1, 0.15) is 24.1 Å². The van der Waals surface area contributed by atoms with Gasteiger partial charge in [0.2, 0.25) is 0 Å². The van der Waals surface area contributed by atoms with Gasteiger partial charge in [0.25, 0.3) is 0 Å². The Hall–Kier alpha value is -1.85. The summed E-state index contributed by atoms with van der Waals surface area (Å²) in [5, 5.41) is 5.28. The highest BCUT2D eigenvalue weighted by atomic mass is 35.5. The van der Waals surface area contributed by atoms with E-state index >= 15 is 0 Å². The molecule has 0 radical (unpaired) electrons. The molecule has 0 spiro atoms. The molecule has 3 rings (SSSR count). The first-order valence-electron chi connectivity index (χ1n) is 8.31. The maximum atomic E-state index is 11.6. The zero-order valence-electron chi connectivity index (χ0n) is 14.1. The van der Waals surface area contributed by atoms with E-state index in [1.165, 1.54) is 12.0 Å². The number of carbonyl (C=O) groups excluding carboxylic acids is 1. The number of aromatic nitrogens is 2. The van der Waals surface area contributed by atoms with Crippen LogP contribution in [0.5, 0.6) is 0 Å². The minimum atomic E-state index is -0.0832. The van der Waals surface area contributed by atoms with Gasteiger partial charge in [0.1, 0.15) is 11.7 Å². The maximum absolute atomic E-state index is 11.6. The highest BCUT2D eigenvalue weighted by Crippen LogP contribution is 2.23. The van der Waals surface area contributed by atoms with E-state index in [1.54, 1.807) is 4.68 Å². The molecule has 2 aromatic rings. The fourth-order valence-electron chi connectivity index (χ4n) is 3.33. The van der Waals surface area contributed by atoms with E-state index < -0.39 is 0 Å². The number of rotatable bonds is 4. The van der Waals surface area contributed by atoms with Gasteiger partial charge in [0.05, 0.1) is 43.1 Å². The summed E-state index contributed by atoms with van der Waals surface area (Å²) in [5.41, 5.74) is 3.02. The summed E-state index contributed by atoms with van der Waals surface area (Å²) in [4.78, 5) is 13.1. The van der Waals surface area contributed by atoms with Crippen molar-refractivity contribution in [1.29, 1.82) is 0 Å². The lowest BCUT2D eigenvalue weighted by Gasteiger charge is -2.27. The van der Waals surface area contributed by atoms with Gasteiger partial charge in [-0.05, 0) is 19.1 Å². The fraction of sp³-hybridized carbons (Fsp3) is 0.444. The predicted molar refractivity (Wildman–Crippen MR) is 92.5 cm³/mol. The molecule has 1 aromatic heterocycles. The van der Waals surface area contributed by atoms with E-state index in [-0.39, 0.29) is 11.9 Å². The highest BCUT2D eigenvalue weighted by molar-refractivity contribution is 6.30. The van der Waals surface area contributed by atoms with Crippen LogP contribution in [-0.2, 0) is 16.1 Å². The van der Waals surface area contributed by atoms with E-state index in [0.717, 1.165) is 49.4 Å². The first kappa shape index (κ1) is 17.0. The van der Waals surface area contributed by atoms with Gasteiger partial charge < -0.3 is 9.64 Å². The van der Waals surface area contributed by atoms with Crippen LogP contribution < -0.4 is 4.90 Å². The normalized spacial score (nSPS) is 20.8. The summed E-state index contributed by atoms with van der Waals surface area (Å²) in [6, 6.07) is 9.92. The number of benzene rings is 1. The van der Waals surface area contributed by atoms with Crippen LogP contribution in [0.15, 0.2) is 30.3 Å². The number of esters is 1. The second-order valence-corrected chi connectivity index (χ2v) is 6.68. The number of para-hydroxylation sites is 1. The Morgan fingerprint density at radius 3 is 2.62 bits per heavy atom. The lowest BCUT2D eigenvalue weighted by molar-refractivity contribution is -0.919. The van der Waals surface area contributed by atoms with Crippen molar-refractivity contribution in [3.8, 4) is 5.69 Å². The Morgan fingerprint density at radius 2 is 2.00 bits per heavy atom. The molecule has 1 saturated heterocycles. The van der Waals surface area contributed by atoms with E-state index in [0.29, 0.717) is 5.15 Å². The molecule has 0 amide bonds. The number of quaternary nitrogens is 1. The molecule has 24 heavy (non-hydrogen) atoms. The van der Waals surface area contributed by atoms with E-state index in [1.807, 2.05) is 37.3 Å². The van der Waals surface area contributed by atoms with Crippen LogP contribution >= 0.6 is 11.6 Å². The van der Waals surface area contributed by atoms with Crippen molar-refractivity contribution in [2.24, 2.45) is 5.92 Å². The minimum absolute atomic E-state index is 0.0439. The molecule has 0 saturated carbocycles. The highest BCUT2D eigenvalue weighted by Gasteiger charge is 2.29. The largest absolute Gasteiger partial charge is 0.469 e. The van der Waals surface area contributed by atoms with Crippen molar-refractivity contribution in [2.45, 2.75) is 26.3 Å². The van der Waals surface area contributed by atoms with Gasteiger partial charge in [-0.1, -0.05) is 29.8 Å². The number of methoxy groups -OCH3 is 1. The lowest BCUT2D eigenvalue weighted by Crippen LogP contribution is -3.11. The number of hydrogen-bond acceptors (Lipinski definition) is 3. The summed E-state index contributed by atoms with van der Waals surface area (Å²) in [5.74, 6) is -0.0393. The SMILES string of the molecule is COC(=O)C1CC[NH+](Cc2c(C)nn(-c3ccccc3)c2Cl)CC1. The lowest BCUT2D eigenvalue weighted by atomic mass is 9.97. The Kier molecular flexibility index (Phi) is 5.21. The number of nitrogens with one attached hydrogen (secondary N) is 1. The molecule has 1 aliphatic heterocycles. The Morgan fingerprint density at radius 1 is 1.33 bits per heavy atom. The zero-order chi connectivity index (χ0) is 17.1. The van der Waals surface area contributed by atoms with Gasteiger partial charge >= 0.3 is 5.97 Å². The van der Waals surface area contributed by atoms with Crippen molar-refractivity contribution in [3.05, 3.63) is 46.7 Å². The first-order chi connectivity index (χ1) is 11.6. The monoisotopic (exact) mass is 348 g/mol. The fourth-order valence-corrected chi connectivity index (χ4v) is 3.67. The van der Waals surface area contributed by atoms with Crippen molar-refractivity contribution in [2.75, 3.05) is 20.2 Å². The molecule has 1 N–H and O–H groups in total. The molecule has 2 heterocycles. The van der Waals surface area contributed by atoms with Crippen LogP contribution in [0.2, 0.25) is 5.15 Å². The molecule has 128 valence electrons. The van der Waals surface area contributed by atoms with Crippen molar-refractivity contribution in [1.82, 2.24) is 9.78 Å². The quantitative estimate of drug-likeness (QED) is 0.857. The van der Waals surface area contributed by atoms with Crippen LogP contribution in [0.25, 0.3) is 5.69 Å². The molecule has 1 aromatic carbocycles. The number of ether oxygens (including phenoxy) is 1. The van der Waals surface area contributed by atoms with Gasteiger partial charge in [0, 0.05) is 12.8 Å². The standard InChI is InChI=1S/C18H22ClN3O2/c1-13-16(12-21-10-8-14(9-11-21)18(23)24-2)17(19)22(20-13)15-6-4-3-5-7-15/h3-7,14H,8-12H2,1-2H3/p+1. The van der Waals surface area contributed by atoms with Gasteiger partial charge in [-0.15, -0.1) is 0 Å². The van der Waals surface area contributed by atoms with Crippen molar-refractivity contribution < 1.29 is 14.4 Å². The number of likely N-dealkylation sites (tertiary alicyclic amines) is 1. The van der Waals surface area contributed by atoms with Crippen molar-refractivity contribution in [3.63, 3.8) is 0 Å². The van der Waals surface area contributed by atoms with Crippen molar-refractivity contribution >= 4 is 17.6 Å². The number of carbonyl (C=O) groups is 1. The third-order valence-corrected chi connectivity index (χ3v) is 5.16.